The van der Waals surface area contributed by atoms with Gasteiger partial charge in [-0.15, -0.1) is 0 Å². The highest BCUT2D eigenvalue weighted by Gasteiger charge is 2.17. The molecule has 0 aliphatic heterocycles. The fourth-order valence-electron chi connectivity index (χ4n) is 1.58. The van der Waals surface area contributed by atoms with Crippen molar-refractivity contribution in [2.45, 2.75) is 46.3 Å². The van der Waals surface area contributed by atoms with Crippen LogP contribution in [0.1, 0.15) is 39.3 Å². The molecule has 0 saturated carbocycles. The molecule has 1 aromatic rings. The molecule has 17 heavy (non-hydrogen) atoms. The van der Waals surface area contributed by atoms with Gasteiger partial charge in [0.2, 0.25) is 0 Å². The van der Waals surface area contributed by atoms with E-state index in [9.17, 15) is 4.79 Å². The number of hydrogen-bond acceptors (Lipinski definition) is 4. The maximum Gasteiger partial charge on any atom is 0.322 e. The van der Waals surface area contributed by atoms with Crippen LogP contribution in [0.2, 0.25) is 0 Å². The van der Waals surface area contributed by atoms with E-state index >= 15 is 0 Å². The smallest absolute Gasteiger partial charge is 0.322 e. The van der Waals surface area contributed by atoms with Crippen LogP contribution in [0.25, 0.3) is 0 Å². The Morgan fingerprint density at radius 3 is 2.76 bits per heavy atom. The minimum absolute atomic E-state index is 0.0784. The van der Waals surface area contributed by atoms with Crippen LogP contribution in [-0.4, -0.2) is 28.4 Å². The van der Waals surface area contributed by atoms with E-state index in [2.05, 4.69) is 10.4 Å². The van der Waals surface area contributed by atoms with Gasteiger partial charge in [0, 0.05) is 24.3 Å². The maximum atomic E-state index is 11.5. The molecule has 0 aliphatic carbocycles. The highest BCUT2D eigenvalue weighted by molar-refractivity contribution is 5.75. The highest BCUT2D eigenvalue weighted by atomic mass is 16.5. The van der Waals surface area contributed by atoms with Crippen LogP contribution in [-0.2, 0) is 16.1 Å². The van der Waals surface area contributed by atoms with E-state index in [1.807, 2.05) is 30.9 Å². The van der Waals surface area contributed by atoms with Crippen LogP contribution < -0.4 is 5.32 Å². The Labute approximate surface area is 102 Å². The first kappa shape index (κ1) is 13.7. The van der Waals surface area contributed by atoms with Gasteiger partial charge in [-0.2, -0.15) is 5.10 Å². The molecule has 5 nitrogen and oxygen atoms in total. The van der Waals surface area contributed by atoms with Gasteiger partial charge >= 0.3 is 5.97 Å². The lowest BCUT2D eigenvalue weighted by Crippen LogP contribution is -2.36. The third-order valence-electron chi connectivity index (χ3n) is 2.62. The predicted molar refractivity (Wildman–Crippen MR) is 65.5 cm³/mol. The van der Waals surface area contributed by atoms with Crippen molar-refractivity contribution in [2.24, 2.45) is 0 Å². The summed E-state index contributed by atoms with van der Waals surface area (Å²) in [5.74, 6) is -0.220. The molecule has 1 rings (SSSR count). The van der Waals surface area contributed by atoms with Gasteiger partial charge in [-0.05, 0) is 27.7 Å². The van der Waals surface area contributed by atoms with Crippen molar-refractivity contribution in [3.8, 4) is 0 Å². The molecule has 0 aliphatic rings. The minimum atomic E-state index is -0.310. The summed E-state index contributed by atoms with van der Waals surface area (Å²) in [5.41, 5.74) is 1.07. The fraction of sp³-hybridized carbons (Fsp3) is 0.667. The van der Waals surface area contributed by atoms with E-state index in [4.69, 9.17) is 4.74 Å². The molecule has 0 radical (unpaired) electrons. The van der Waals surface area contributed by atoms with Gasteiger partial charge in [0.25, 0.3) is 0 Å². The molecule has 0 amide bonds. The average molecular weight is 239 g/mol. The topological polar surface area (TPSA) is 56.1 Å². The van der Waals surface area contributed by atoms with E-state index in [1.54, 1.807) is 13.8 Å². The zero-order chi connectivity index (χ0) is 12.8. The lowest BCUT2D eigenvalue weighted by Gasteiger charge is -2.17. The highest BCUT2D eigenvalue weighted by Crippen LogP contribution is 2.11. The van der Waals surface area contributed by atoms with Gasteiger partial charge in [-0.3, -0.25) is 14.8 Å². The Kier molecular flexibility index (Phi) is 5.15. The van der Waals surface area contributed by atoms with Gasteiger partial charge < -0.3 is 4.74 Å². The van der Waals surface area contributed by atoms with Gasteiger partial charge in [0.05, 0.1) is 12.8 Å². The van der Waals surface area contributed by atoms with Crippen LogP contribution in [0.3, 0.4) is 0 Å². The second kappa shape index (κ2) is 6.39. The number of hydrogen-bond donors (Lipinski definition) is 1. The summed E-state index contributed by atoms with van der Waals surface area (Å²) >= 11 is 0. The number of nitrogens with one attached hydrogen (secondary N) is 1. The summed E-state index contributed by atoms with van der Waals surface area (Å²) in [5, 5.41) is 7.39. The first-order valence-corrected chi connectivity index (χ1v) is 6.03. The molecular formula is C12H21N3O2. The third kappa shape index (κ3) is 3.85. The van der Waals surface area contributed by atoms with Crippen LogP contribution >= 0.6 is 0 Å². The second-order valence-electron chi connectivity index (χ2n) is 3.99. The molecule has 5 heteroatoms. The zero-order valence-corrected chi connectivity index (χ0v) is 10.9. The van der Waals surface area contributed by atoms with Gasteiger partial charge in [-0.1, -0.05) is 0 Å². The number of aryl methyl sites for hydroxylation is 1. The molecule has 0 fully saturated rings. The normalized spacial score (nSPS) is 14.4. The maximum absolute atomic E-state index is 11.5. The van der Waals surface area contributed by atoms with Crippen molar-refractivity contribution in [1.29, 1.82) is 0 Å². The first-order valence-electron chi connectivity index (χ1n) is 6.03. The molecule has 0 spiro atoms. The van der Waals surface area contributed by atoms with E-state index in [0.29, 0.717) is 6.61 Å². The molecule has 0 saturated heterocycles. The average Bonchev–Trinajstić information content (AvgIpc) is 2.77. The molecule has 1 heterocycles. The predicted octanol–water partition coefficient (Wildman–Crippen LogP) is 1.51. The fourth-order valence-corrected chi connectivity index (χ4v) is 1.58. The Morgan fingerprint density at radius 1 is 1.53 bits per heavy atom. The molecule has 96 valence electrons. The molecule has 2 atom stereocenters. The summed E-state index contributed by atoms with van der Waals surface area (Å²) in [6.45, 7) is 8.91. The van der Waals surface area contributed by atoms with Crippen LogP contribution in [0, 0.1) is 0 Å². The van der Waals surface area contributed by atoms with E-state index in [-0.39, 0.29) is 18.1 Å². The zero-order valence-electron chi connectivity index (χ0n) is 10.9. The van der Waals surface area contributed by atoms with Crippen molar-refractivity contribution in [3.05, 3.63) is 18.0 Å². The molecule has 0 bridgehead atoms. The lowest BCUT2D eigenvalue weighted by molar-refractivity contribution is -0.145. The number of rotatable bonds is 6. The summed E-state index contributed by atoms with van der Waals surface area (Å²) in [6.07, 6.45) is 3.80. The van der Waals surface area contributed by atoms with Crippen molar-refractivity contribution in [1.82, 2.24) is 15.1 Å². The van der Waals surface area contributed by atoms with Crippen LogP contribution in [0.15, 0.2) is 12.4 Å². The number of aromatic nitrogens is 2. The minimum Gasteiger partial charge on any atom is -0.465 e. The summed E-state index contributed by atoms with van der Waals surface area (Å²) in [4.78, 5) is 11.5. The molecule has 1 aromatic heterocycles. The monoisotopic (exact) mass is 239 g/mol. The van der Waals surface area contributed by atoms with E-state index in [0.717, 1.165) is 12.1 Å². The Bertz CT molecular complexity index is 362. The first-order chi connectivity index (χ1) is 8.08. The molecule has 0 aromatic carbocycles. The van der Waals surface area contributed by atoms with E-state index < -0.39 is 0 Å². The number of carbonyl (C=O) groups excluding carboxylic acids is 1. The van der Waals surface area contributed by atoms with Gasteiger partial charge in [-0.25, -0.2) is 0 Å². The SMILES string of the molecule is CCOC(=O)C(C)NC(C)c1cnn(CC)c1. The second-order valence-corrected chi connectivity index (χ2v) is 3.99. The standard InChI is InChI=1S/C12H21N3O2/c1-5-15-8-11(7-13-15)9(3)14-10(4)12(16)17-6-2/h7-10,14H,5-6H2,1-4H3. The molecular weight excluding hydrogens is 218 g/mol. The largest absolute Gasteiger partial charge is 0.465 e. The van der Waals surface area contributed by atoms with Crippen molar-refractivity contribution < 1.29 is 9.53 Å². The summed E-state index contributed by atoms with van der Waals surface area (Å²) < 4.78 is 6.81. The molecule has 1 N–H and O–H groups in total. The summed E-state index contributed by atoms with van der Waals surface area (Å²) in [7, 11) is 0. The molecule has 2 unspecified atom stereocenters. The number of esters is 1. The van der Waals surface area contributed by atoms with Crippen molar-refractivity contribution in [3.63, 3.8) is 0 Å². The Morgan fingerprint density at radius 2 is 2.24 bits per heavy atom. The number of carbonyl (C=O) groups is 1. The van der Waals surface area contributed by atoms with Crippen molar-refractivity contribution in [2.75, 3.05) is 6.61 Å². The summed E-state index contributed by atoms with van der Waals surface area (Å²) in [6, 6.07) is -0.232. The lowest BCUT2D eigenvalue weighted by atomic mass is 10.1. The third-order valence-corrected chi connectivity index (χ3v) is 2.62. The van der Waals surface area contributed by atoms with Gasteiger partial charge in [0.15, 0.2) is 0 Å². The van der Waals surface area contributed by atoms with E-state index in [1.165, 1.54) is 0 Å². The van der Waals surface area contributed by atoms with Crippen molar-refractivity contribution >= 4 is 5.97 Å². The Hall–Kier alpha value is -1.36. The quantitative estimate of drug-likeness (QED) is 0.764. The Balaban J connectivity index is 2.53. The van der Waals surface area contributed by atoms with Crippen LogP contribution in [0.5, 0.6) is 0 Å². The van der Waals surface area contributed by atoms with Crippen LogP contribution in [0.4, 0.5) is 0 Å². The van der Waals surface area contributed by atoms with Gasteiger partial charge in [0.1, 0.15) is 6.04 Å². The number of nitrogens with zero attached hydrogens (tertiary/aromatic N) is 2. The number of ether oxygens (including phenoxy) is 1.